The largest absolute Gasteiger partial charge is 0.497 e. The third-order valence-corrected chi connectivity index (χ3v) is 6.87. The molecule has 2 aromatic heterocycles. The first-order chi connectivity index (χ1) is 19.1. The number of anilines is 1. The number of halogens is 1. The summed E-state index contributed by atoms with van der Waals surface area (Å²) in [6, 6.07) is 30.4. The van der Waals surface area contributed by atoms with Crippen LogP contribution in [0.3, 0.4) is 0 Å². The van der Waals surface area contributed by atoms with Gasteiger partial charge in [0.05, 0.1) is 18.8 Å². The van der Waals surface area contributed by atoms with Gasteiger partial charge in [0.15, 0.2) is 5.11 Å². The van der Waals surface area contributed by atoms with Crippen molar-refractivity contribution in [2.24, 2.45) is 0 Å². The van der Waals surface area contributed by atoms with Gasteiger partial charge in [-0.05, 0) is 109 Å². The van der Waals surface area contributed by atoms with E-state index in [4.69, 9.17) is 26.1 Å². The summed E-state index contributed by atoms with van der Waals surface area (Å²) in [5, 5.41) is 3.99. The van der Waals surface area contributed by atoms with Crippen LogP contribution in [0.25, 0.3) is 11.3 Å². The maximum Gasteiger partial charge on any atom is 0.174 e. The quantitative estimate of drug-likeness (QED) is 0.216. The van der Waals surface area contributed by atoms with Crippen molar-refractivity contribution in [3.05, 3.63) is 127 Å². The molecule has 1 fully saturated rings. The van der Waals surface area contributed by atoms with Gasteiger partial charge in [-0.15, -0.1) is 0 Å². The highest BCUT2D eigenvalue weighted by Gasteiger charge is 2.42. The van der Waals surface area contributed by atoms with Crippen molar-refractivity contribution in [1.82, 2.24) is 10.3 Å². The van der Waals surface area contributed by atoms with Gasteiger partial charge in [-0.25, -0.2) is 4.39 Å². The van der Waals surface area contributed by atoms with Crippen molar-refractivity contribution in [2.45, 2.75) is 12.1 Å². The van der Waals surface area contributed by atoms with E-state index >= 15 is 0 Å². The van der Waals surface area contributed by atoms with Crippen LogP contribution < -0.4 is 19.7 Å². The standard InChI is InChI=1S/C31H24FN3O3S/c1-36-23-13-15-25(16-14-23)37-24-11-9-22(10-12-24)35-30(29(34-31(35)39)26-4-2-3-19-33-26)28-18-17-27(38-28)20-5-7-21(32)8-6-20/h2-19,29-30H,1H3,(H,34,39)/t29-,30-/m1/s1. The van der Waals surface area contributed by atoms with Crippen LogP contribution in [0.1, 0.15) is 23.5 Å². The van der Waals surface area contributed by atoms with E-state index in [9.17, 15) is 4.39 Å². The highest BCUT2D eigenvalue weighted by molar-refractivity contribution is 7.80. The first-order valence-corrected chi connectivity index (χ1v) is 12.8. The van der Waals surface area contributed by atoms with Crippen LogP contribution >= 0.6 is 12.2 Å². The molecule has 3 aromatic carbocycles. The van der Waals surface area contributed by atoms with Gasteiger partial charge in [-0.3, -0.25) is 4.98 Å². The summed E-state index contributed by atoms with van der Waals surface area (Å²) >= 11 is 5.81. The number of benzene rings is 3. The highest BCUT2D eigenvalue weighted by Crippen LogP contribution is 2.43. The Morgan fingerprint density at radius 1 is 0.846 bits per heavy atom. The van der Waals surface area contributed by atoms with Gasteiger partial charge in [-0.2, -0.15) is 0 Å². The summed E-state index contributed by atoms with van der Waals surface area (Å²) in [4.78, 5) is 6.61. The topological polar surface area (TPSA) is 59.8 Å². The highest BCUT2D eigenvalue weighted by atomic mass is 32.1. The fourth-order valence-electron chi connectivity index (χ4n) is 4.66. The Labute approximate surface area is 230 Å². The molecule has 1 aliphatic rings. The molecule has 0 amide bonds. The summed E-state index contributed by atoms with van der Waals surface area (Å²) in [7, 11) is 1.63. The van der Waals surface area contributed by atoms with E-state index in [0.29, 0.717) is 28.1 Å². The summed E-state index contributed by atoms with van der Waals surface area (Å²) in [5.41, 5.74) is 2.50. The molecule has 6 nitrogen and oxygen atoms in total. The molecule has 3 heterocycles. The van der Waals surface area contributed by atoms with Gasteiger partial charge in [0.1, 0.15) is 40.6 Å². The van der Waals surface area contributed by atoms with Crippen molar-refractivity contribution in [3.63, 3.8) is 0 Å². The molecule has 39 heavy (non-hydrogen) atoms. The average Bonchev–Trinajstić information content (AvgIpc) is 3.59. The van der Waals surface area contributed by atoms with Crippen LogP contribution in [-0.2, 0) is 0 Å². The number of furan rings is 1. The summed E-state index contributed by atoms with van der Waals surface area (Å²) in [5.74, 6) is 3.22. The first-order valence-electron chi connectivity index (χ1n) is 12.4. The number of ether oxygens (including phenoxy) is 2. The molecule has 0 saturated carbocycles. The van der Waals surface area contributed by atoms with E-state index in [-0.39, 0.29) is 17.9 Å². The van der Waals surface area contributed by atoms with Crippen LogP contribution in [0.15, 0.2) is 114 Å². The third kappa shape index (κ3) is 5.06. The minimum absolute atomic E-state index is 0.249. The zero-order valence-electron chi connectivity index (χ0n) is 21.0. The van der Waals surface area contributed by atoms with Crippen molar-refractivity contribution in [3.8, 4) is 28.6 Å². The number of pyridine rings is 1. The lowest BCUT2D eigenvalue weighted by atomic mass is 10.0. The number of nitrogens with zero attached hydrogens (tertiary/aromatic N) is 2. The fourth-order valence-corrected chi connectivity index (χ4v) is 5.00. The number of hydrogen-bond donors (Lipinski definition) is 1. The average molecular weight is 538 g/mol. The smallest absolute Gasteiger partial charge is 0.174 e. The van der Waals surface area contributed by atoms with Crippen LogP contribution in [0, 0.1) is 5.82 Å². The van der Waals surface area contributed by atoms with Gasteiger partial charge in [0, 0.05) is 17.4 Å². The van der Waals surface area contributed by atoms with Crippen molar-refractivity contribution < 1.29 is 18.3 Å². The molecule has 0 radical (unpaired) electrons. The number of rotatable bonds is 7. The summed E-state index contributed by atoms with van der Waals surface area (Å²) in [6.45, 7) is 0. The van der Waals surface area contributed by atoms with E-state index in [1.54, 1.807) is 25.4 Å². The Morgan fingerprint density at radius 2 is 1.54 bits per heavy atom. The maximum absolute atomic E-state index is 13.5. The number of hydrogen-bond acceptors (Lipinski definition) is 5. The maximum atomic E-state index is 13.5. The van der Waals surface area contributed by atoms with Gasteiger partial charge >= 0.3 is 0 Å². The Kier molecular flexibility index (Phi) is 6.69. The summed E-state index contributed by atoms with van der Waals surface area (Å²) < 4.78 is 31.0. The molecule has 194 valence electrons. The first kappa shape index (κ1) is 24.6. The van der Waals surface area contributed by atoms with Crippen LogP contribution in [-0.4, -0.2) is 17.2 Å². The number of methoxy groups -OCH3 is 1. The monoisotopic (exact) mass is 537 g/mol. The minimum atomic E-state index is -0.310. The van der Waals surface area contributed by atoms with Crippen LogP contribution in [0.2, 0.25) is 0 Å². The predicted molar refractivity (Wildman–Crippen MR) is 152 cm³/mol. The molecule has 6 rings (SSSR count). The van der Waals surface area contributed by atoms with Crippen molar-refractivity contribution in [1.29, 1.82) is 0 Å². The molecule has 1 saturated heterocycles. The zero-order chi connectivity index (χ0) is 26.8. The molecule has 0 bridgehead atoms. The molecule has 0 aliphatic carbocycles. The lowest BCUT2D eigenvalue weighted by molar-refractivity contribution is 0.413. The second kappa shape index (κ2) is 10.6. The molecule has 8 heteroatoms. The second-order valence-electron chi connectivity index (χ2n) is 8.98. The van der Waals surface area contributed by atoms with Gasteiger partial charge < -0.3 is 24.1 Å². The SMILES string of the molecule is COc1ccc(Oc2ccc(N3C(=S)N[C@H](c4ccccn4)[C@H]3c3ccc(-c4ccc(F)cc4)o3)cc2)cc1. The molecular formula is C31H24FN3O3S. The lowest BCUT2D eigenvalue weighted by Gasteiger charge is -2.26. The van der Waals surface area contributed by atoms with Crippen molar-refractivity contribution >= 4 is 23.0 Å². The number of nitrogens with one attached hydrogen (secondary N) is 1. The zero-order valence-corrected chi connectivity index (χ0v) is 21.8. The van der Waals surface area contributed by atoms with Gasteiger partial charge in [0.2, 0.25) is 0 Å². The lowest BCUT2D eigenvalue weighted by Crippen LogP contribution is -2.29. The number of thiocarbonyl (C=S) groups is 1. The van der Waals surface area contributed by atoms with E-state index < -0.39 is 0 Å². The van der Waals surface area contributed by atoms with E-state index in [0.717, 1.165) is 22.7 Å². The van der Waals surface area contributed by atoms with E-state index in [2.05, 4.69) is 10.3 Å². The molecule has 1 aliphatic heterocycles. The third-order valence-electron chi connectivity index (χ3n) is 6.56. The minimum Gasteiger partial charge on any atom is -0.497 e. The Balaban J connectivity index is 1.32. The Bertz CT molecular complexity index is 1570. The van der Waals surface area contributed by atoms with Gasteiger partial charge in [0.25, 0.3) is 0 Å². The van der Waals surface area contributed by atoms with Crippen molar-refractivity contribution in [2.75, 3.05) is 12.0 Å². The molecular weight excluding hydrogens is 513 g/mol. The van der Waals surface area contributed by atoms with E-state index in [1.165, 1.54) is 12.1 Å². The van der Waals surface area contributed by atoms with E-state index in [1.807, 2.05) is 83.8 Å². The molecule has 0 spiro atoms. The molecule has 0 unspecified atom stereocenters. The Hall–Kier alpha value is -4.69. The summed E-state index contributed by atoms with van der Waals surface area (Å²) in [6.07, 6.45) is 1.76. The van der Waals surface area contributed by atoms with Crippen LogP contribution in [0.4, 0.5) is 10.1 Å². The number of aromatic nitrogens is 1. The Morgan fingerprint density at radius 3 is 2.21 bits per heavy atom. The van der Waals surface area contributed by atoms with Crippen LogP contribution in [0.5, 0.6) is 17.2 Å². The predicted octanol–water partition coefficient (Wildman–Crippen LogP) is 7.46. The molecule has 2 atom stereocenters. The molecule has 1 N–H and O–H groups in total. The second-order valence-corrected chi connectivity index (χ2v) is 9.36. The van der Waals surface area contributed by atoms with Gasteiger partial charge in [-0.1, -0.05) is 6.07 Å². The fraction of sp³-hybridized carbons (Fsp3) is 0.0968. The molecule has 5 aromatic rings. The normalized spacial score (nSPS) is 16.7.